The molecule has 0 aliphatic carbocycles. The zero-order chi connectivity index (χ0) is 10.7. The van der Waals surface area contributed by atoms with Crippen LogP contribution in [-0.2, 0) is 0 Å². The third kappa shape index (κ3) is 2.51. The Labute approximate surface area is 87.6 Å². The zero-order valence-corrected chi connectivity index (χ0v) is 9.43. The van der Waals surface area contributed by atoms with Crippen molar-refractivity contribution in [1.82, 2.24) is 10.3 Å². The van der Waals surface area contributed by atoms with Gasteiger partial charge in [-0.1, -0.05) is 0 Å². The van der Waals surface area contributed by atoms with Crippen molar-refractivity contribution in [2.75, 3.05) is 13.6 Å². The molecule has 0 bridgehead atoms. The summed E-state index contributed by atoms with van der Waals surface area (Å²) in [6.45, 7) is 4.21. The lowest BCUT2D eigenvalue weighted by Gasteiger charge is -2.14. The van der Waals surface area contributed by atoms with E-state index in [1.807, 2.05) is 13.8 Å². The molecule has 0 saturated heterocycles. The summed E-state index contributed by atoms with van der Waals surface area (Å²) >= 11 is 1.43. The van der Waals surface area contributed by atoms with Gasteiger partial charge in [0.25, 0.3) is 0 Å². The molecule has 0 fully saturated rings. The Morgan fingerprint density at radius 2 is 2.07 bits per heavy atom. The maximum Gasteiger partial charge on any atom is 0.133 e. The highest BCUT2D eigenvalue weighted by atomic mass is 32.1. The molecule has 0 radical (unpaired) electrons. The monoisotopic (exact) mass is 216 g/mol. The van der Waals surface area contributed by atoms with Gasteiger partial charge in [0.2, 0.25) is 0 Å². The van der Waals surface area contributed by atoms with Gasteiger partial charge in [-0.05, 0) is 20.9 Å². The molecule has 80 valence electrons. The van der Waals surface area contributed by atoms with Gasteiger partial charge in [-0.15, -0.1) is 11.3 Å². The van der Waals surface area contributed by atoms with E-state index in [0.717, 1.165) is 10.6 Å². The Balaban J connectivity index is 2.73. The molecular formula is C9H16N2O2S. The zero-order valence-electron chi connectivity index (χ0n) is 8.61. The molecule has 1 rings (SSSR count). The summed E-state index contributed by atoms with van der Waals surface area (Å²) in [6.07, 6.45) is -1.69. The first-order valence-electron chi connectivity index (χ1n) is 4.51. The van der Waals surface area contributed by atoms with Gasteiger partial charge in [-0.3, -0.25) is 0 Å². The summed E-state index contributed by atoms with van der Waals surface area (Å²) in [5.74, 6) is 0. The maximum absolute atomic E-state index is 9.72. The molecule has 1 aromatic rings. The fourth-order valence-corrected chi connectivity index (χ4v) is 2.08. The van der Waals surface area contributed by atoms with Crippen LogP contribution in [0.4, 0.5) is 0 Å². The number of aryl methyl sites for hydroxylation is 2. The molecule has 0 amide bonds. The summed E-state index contributed by atoms with van der Waals surface area (Å²) in [7, 11) is 1.73. The molecule has 2 unspecified atom stereocenters. The molecule has 0 saturated carbocycles. The van der Waals surface area contributed by atoms with E-state index >= 15 is 0 Å². The molecule has 2 atom stereocenters. The van der Waals surface area contributed by atoms with Gasteiger partial charge < -0.3 is 15.5 Å². The molecule has 0 aliphatic rings. The highest BCUT2D eigenvalue weighted by Crippen LogP contribution is 2.24. The van der Waals surface area contributed by atoms with Crippen molar-refractivity contribution in [1.29, 1.82) is 0 Å². The topological polar surface area (TPSA) is 65.4 Å². The van der Waals surface area contributed by atoms with Gasteiger partial charge >= 0.3 is 0 Å². The number of thiazole rings is 1. The number of aromatic nitrogens is 1. The van der Waals surface area contributed by atoms with Crippen LogP contribution in [0.15, 0.2) is 0 Å². The van der Waals surface area contributed by atoms with Crippen molar-refractivity contribution in [2.45, 2.75) is 26.1 Å². The van der Waals surface area contributed by atoms with Crippen LogP contribution in [0, 0.1) is 13.8 Å². The second-order valence-electron chi connectivity index (χ2n) is 3.26. The van der Waals surface area contributed by atoms with Crippen molar-refractivity contribution in [2.24, 2.45) is 0 Å². The molecular weight excluding hydrogens is 200 g/mol. The quantitative estimate of drug-likeness (QED) is 0.680. The molecule has 1 aromatic heterocycles. The van der Waals surface area contributed by atoms with E-state index in [-0.39, 0.29) is 0 Å². The maximum atomic E-state index is 9.72. The van der Waals surface area contributed by atoms with E-state index in [1.54, 1.807) is 7.05 Å². The van der Waals surface area contributed by atoms with Crippen LogP contribution < -0.4 is 5.32 Å². The van der Waals surface area contributed by atoms with Crippen molar-refractivity contribution < 1.29 is 10.2 Å². The van der Waals surface area contributed by atoms with E-state index in [9.17, 15) is 10.2 Å². The molecule has 0 aromatic carbocycles. The average Bonchev–Trinajstić information content (AvgIpc) is 2.46. The first kappa shape index (κ1) is 11.6. The number of aliphatic hydroxyl groups is 2. The lowest BCUT2D eigenvalue weighted by molar-refractivity contribution is 0.0200. The van der Waals surface area contributed by atoms with Gasteiger partial charge in [0, 0.05) is 11.4 Å². The summed E-state index contributed by atoms with van der Waals surface area (Å²) in [4.78, 5) is 5.27. The molecule has 5 heteroatoms. The number of nitrogens with one attached hydrogen (secondary N) is 1. The van der Waals surface area contributed by atoms with E-state index in [1.165, 1.54) is 11.3 Å². The number of aliphatic hydroxyl groups excluding tert-OH is 2. The van der Waals surface area contributed by atoms with Crippen LogP contribution in [0.3, 0.4) is 0 Å². The van der Waals surface area contributed by atoms with Crippen molar-refractivity contribution in [3.05, 3.63) is 15.6 Å². The highest BCUT2D eigenvalue weighted by Gasteiger charge is 2.21. The minimum Gasteiger partial charge on any atom is -0.389 e. The van der Waals surface area contributed by atoms with Gasteiger partial charge in [-0.2, -0.15) is 0 Å². The molecule has 1 heterocycles. The summed E-state index contributed by atoms with van der Waals surface area (Å²) in [5, 5.41) is 22.6. The number of hydrogen-bond donors (Lipinski definition) is 3. The standard InChI is InChI=1S/C9H16N2O2S/c1-5-6(2)14-9(11-5)8(13)7(12)4-10-3/h7-8,10,12-13H,4H2,1-3H3. The second-order valence-corrected chi connectivity index (χ2v) is 4.50. The fourth-order valence-electron chi connectivity index (χ4n) is 1.11. The van der Waals surface area contributed by atoms with E-state index in [4.69, 9.17) is 0 Å². The summed E-state index contributed by atoms with van der Waals surface area (Å²) in [6, 6.07) is 0. The van der Waals surface area contributed by atoms with Crippen LogP contribution in [0.5, 0.6) is 0 Å². The first-order valence-corrected chi connectivity index (χ1v) is 5.32. The predicted molar refractivity (Wildman–Crippen MR) is 56.5 cm³/mol. The van der Waals surface area contributed by atoms with Crippen LogP contribution in [0.1, 0.15) is 21.7 Å². The molecule has 14 heavy (non-hydrogen) atoms. The smallest absolute Gasteiger partial charge is 0.133 e. The van der Waals surface area contributed by atoms with Gasteiger partial charge in [0.15, 0.2) is 0 Å². The minimum atomic E-state index is -0.889. The number of likely N-dealkylation sites (N-methyl/N-ethyl adjacent to an activating group) is 1. The Bertz CT molecular complexity index is 282. The normalized spacial score (nSPS) is 15.5. The Morgan fingerprint density at radius 1 is 1.43 bits per heavy atom. The predicted octanol–water partition coefficient (Wildman–Crippen LogP) is 0.374. The molecule has 3 N–H and O–H groups in total. The largest absolute Gasteiger partial charge is 0.389 e. The third-order valence-corrected chi connectivity index (χ3v) is 3.22. The Hall–Kier alpha value is -0.490. The lowest BCUT2D eigenvalue weighted by Crippen LogP contribution is -2.29. The van der Waals surface area contributed by atoms with Gasteiger partial charge in [0.05, 0.1) is 11.8 Å². The number of nitrogens with zero attached hydrogens (tertiary/aromatic N) is 1. The average molecular weight is 216 g/mol. The van der Waals surface area contributed by atoms with Crippen LogP contribution in [-0.4, -0.2) is 34.9 Å². The lowest BCUT2D eigenvalue weighted by atomic mass is 10.2. The van der Waals surface area contributed by atoms with Crippen LogP contribution in [0.25, 0.3) is 0 Å². The summed E-state index contributed by atoms with van der Waals surface area (Å²) in [5.41, 5.74) is 0.917. The number of rotatable bonds is 4. The van der Waals surface area contributed by atoms with Crippen molar-refractivity contribution in [3.8, 4) is 0 Å². The third-order valence-electron chi connectivity index (χ3n) is 2.08. The van der Waals surface area contributed by atoms with Crippen LogP contribution >= 0.6 is 11.3 Å². The van der Waals surface area contributed by atoms with E-state index < -0.39 is 12.2 Å². The first-order chi connectivity index (χ1) is 6.56. The van der Waals surface area contributed by atoms with Crippen LogP contribution in [0.2, 0.25) is 0 Å². The highest BCUT2D eigenvalue weighted by molar-refractivity contribution is 7.11. The Kier molecular flexibility index (Phi) is 4.00. The summed E-state index contributed by atoms with van der Waals surface area (Å²) < 4.78 is 0. The van der Waals surface area contributed by atoms with Crippen molar-refractivity contribution in [3.63, 3.8) is 0 Å². The molecule has 0 aliphatic heterocycles. The Morgan fingerprint density at radius 3 is 2.50 bits per heavy atom. The van der Waals surface area contributed by atoms with Gasteiger partial charge in [0.1, 0.15) is 11.1 Å². The van der Waals surface area contributed by atoms with E-state index in [2.05, 4.69) is 10.3 Å². The number of hydrogen-bond acceptors (Lipinski definition) is 5. The SMILES string of the molecule is CNCC(O)C(O)c1nc(C)c(C)s1. The molecule has 4 nitrogen and oxygen atoms in total. The minimum absolute atomic E-state index is 0.360. The second kappa shape index (κ2) is 4.84. The fraction of sp³-hybridized carbons (Fsp3) is 0.667. The van der Waals surface area contributed by atoms with Crippen molar-refractivity contribution >= 4 is 11.3 Å². The van der Waals surface area contributed by atoms with E-state index in [0.29, 0.717) is 11.6 Å². The van der Waals surface area contributed by atoms with Gasteiger partial charge in [-0.25, -0.2) is 4.98 Å². The molecule has 0 spiro atoms.